The summed E-state index contributed by atoms with van der Waals surface area (Å²) < 4.78 is 11.2. The molecule has 0 spiro atoms. The van der Waals surface area contributed by atoms with Crippen molar-refractivity contribution in [2.24, 2.45) is 5.73 Å². The van der Waals surface area contributed by atoms with Gasteiger partial charge in [0, 0.05) is 12.4 Å². The molecular formula is C15H15N3O2. The number of guanidine groups is 1. The zero-order valence-corrected chi connectivity index (χ0v) is 11.3. The predicted octanol–water partition coefficient (Wildman–Crippen LogP) is 2.92. The van der Waals surface area contributed by atoms with Gasteiger partial charge in [0.1, 0.15) is 16.9 Å². The lowest BCUT2D eigenvalue weighted by molar-refractivity contribution is 0.416. The molecule has 1 aromatic heterocycles. The van der Waals surface area contributed by atoms with E-state index in [1.165, 1.54) is 0 Å². The predicted molar refractivity (Wildman–Crippen MR) is 80.6 cm³/mol. The Labute approximate surface area is 116 Å². The Morgan fingerprint density at radius 3 is 2.65 bits per heavy atom. The molecule has 0 bridgehead atoms. The third kappa shape index (κ3) is 1.67. The maximum absolute atomic E-state index is 7.66. The molecule has 0 fully saturated rings. The fourth-order valence-electron chi connectivity index (χ4n) is 2.40. The summed E-state index contributed by atoms with van der Waals surface area (Å²) in [5.41, 5.74) is 7.90. The number of fused-ring (bicyclic) bond motifs is 3. The van der Waals surface area contributed by atoms with Gasteiger partial charge in [0.25, 0.3) is 0 Å². The van der Waals surface area contributed by atoms with E-state index in [-0.39, 0.29) is 5.96 Å². The third-order valence-electron chi connectivity index (χ3n) is 3.40. The molecule has 3 rings (SSSR count). The summed E-state index contributed by atoms with van der Waals surface area (Å²) in [7, 11) is 3.34. The number of hydrogen-bond donors (Lipinski definition) is 2. The lowest BCUT2D eigenvalue weighted by atomic mass is 10.1. The Balaban J connectivity index is 2.46. The minimum Gasteiger partial charge on any atom is -0.495 e. The Morgan fingerprint density at radius 2 is 1.95 bits per heavy atom. The minimum absolute atomic E-state index is 0.0546. The van der Waals surface area contributed by atoms with Gasteiger partial charge in [-0.2, -0.15) is 0 Å². The van der Waals surface area contributed by atoms with Gasteiger partial charge in [-0.3, -0.25) is 5.41 Å². The van der Waals surface area contributed by atoms with Gasteiger partial charge in [0.05, 0.1) is 18.2 Å². The van der Waals surface area contributed by atoms with Gasteiger partial charge in [-0.15, -0.1) is 0 Å². The van der Waals surface area contributed by atoms with E-state index in [1.807, 2.05) is 36.4 Å². The summed E-state index contributed by atoms with van der Waals surface area (Å²) >= 11 is 0. The lowest BCUT2D eigenvalue weighted by Gasteiger charge is -2.20. The Kier molecular flexibility index (Phi) is 2.75. The molecule has 3 aromatic rings. The van der Waals surface area contributed by atoms with E-state index in [4.69, 9.17) is 20.3 Å². The smallest absolute Gasteiger partial charge is 0.192 e. The number of hydrogen-bond acceptors (Lipinski definition) is 3. The Hall–Kier alpha value is -2.69. The fraction of sp³-hybridized carbons (Fsp3) is 0.133. The number of rotatable bonds is 2. The Morgan fingerprint density at radius 1 is 1.20 bits per heavy atom. The highest BCUT2D eigenvalue weighted by Crippen LogP contribution is 2.41. The van der Waals surface area contributed by atoms with Crippen LogP contribution in [0.2, 0.25) is 0 Å². The average molecular weight is 269 g/mol. The van der Waals surface area contributed by atoms with Gasteiger partial charge in [-0.25, -0.2) is 0 Å². The van der Waals surface area contributed by atoms with Crippen LogP contribution in [0.1, 0.15) is 0 Å². The minimum atomic E-state index is -0.0546. The second kappa shape index (κ2) is 4.45. The number of anilines is 1. The maximum Gasteiger partial charge on any atom is 0.192 e. The van der Waals surface area contributed by atoms with Crippen molar-refractivity contribution in [1.82, 2.24) is 0 Å². The molecule has 0 aliphatic rings. The van der Waals surface area contributed by atoms with Crippen molar-refractivity contribution >= 4 is 33.6 Å². The standard InChI is InChI=1S/C15H15N3O2/c1-18(15(16)17)14-12(19-2)8-7-11-13(14)9-5-3-4-6-10(9)20-11/h3-8H,1-2H3,(H3,16,17). The van der Waals surface area contributed by atoms with Gasteiger partial charge in [-0.1, -0.05) is 18.2 Å². The van der Waals surface area contributed by atoms with E-state index in [0.717, 1.165) is 27.6 Å². The van der Waals surface area contributed by atoms with Crippen molar-refractivity contribution < 1.29 is 9.15 Å². The van der Waals surface area contributed by atoms with Crippen LogP contribution in [0.25, 0.3) is 21.9 Å². The van der Waals surface area contributed by atoms with Crippen LogP contribution in [0.5, 0.6) is 5.75 Å². The molecule has 0 aliphatic carbocycles. The topological polar surface area (TPSA) is 75.5 Å². The zero-order chi connectivity index (χ0) is 14.3. The van der Waals surface area contributed by atoms with E-state index < -0.39 is 0 Å². The quantitative estimate of drug-likeness (QED) is 0.554. The molecule has 0 unspecified atom stereocenters. The van der Waals surface area contributed by atoms with Crippen LogP contribution < -0.4 is 15.4 Å². The van der Waals surface area contributed by atoms with Gasteiger partial charge in [0.15, 0.2) is 5.96 Å². The molecule has 0 saturated carbocycles. The molecule has 5 heteroatoms. The number of methoxy groups -OCH3 is 1. The molecular weight excluding hydrogens is 254 g/mol. The number of nitrogens with zero attached hydrogens (tertiary/aromatic N) is 1. The van der Waals surface area contributed by atoms with Gasteiger partial charge < -0.3 is 19.8 Å². The van der Waals surface area contributed by atoms with Crippen molar-refractivity contribution in [3.05, 3.63) is 36.4 Å². The van der Waals surface area contributed by atoms with Crippen LogP contribution in [0, 0.1) is 5.41 Å². The van der Waals surface area contributed by atoms with Crippen molar-refractivity contribution in [2.75, 3.05) is 19.1 Å². The number of nitrogens with two attached hydrogens (primary N) is 1. The van der Waals surface area contributed by atoms with Gasteiger partial charge in [-0.05, 0) is 18.2 Å². The van der Waals surface area contributed by atoms with E-state index in [9.17, 15) is 0 Å². The number of furan rings is 1. The summed E-state index contributed by atoms with van der Waals surface area (Å²) in [6.07, 6.45) is 0. The monoisotopic (exact) mass is 269 g/mol. The van der Waals surface area contributed by atoms with Gasteiger partial charge in [0.2, 0.25) is 0 Å². The average Bonchev–Trinajstić information content (AvgIpc) is 2.83. The molecule has 2 aromatic carbocycles. The normalized spacial score (nSPS) is 10.9. The van der Waals surface area contributed by atoms with Crippen molar-refractivity contribution in [3.63, 3.8) is 0 Å². The highest BCUT2D eigenvalue weighted by atomic mass is 16.5. The molecule has 1 heterocycles. The number of para-hydroxylation sites is 1. The summed E-state index contributed by atoms with van der Waals surface area (Å²) in [4.78, 5) is 1.59. The largest absolute Gasteiger partial charge is 0.495 e. The summed E-state index contributed by atoms with van der Waals surface area (Å²) in [5, 5.41) is 9.54. The van der Waals surface area contributed by atoms with E-state index in [2.05, 4.69) is 0 Å². The fourth-order valence-corrected chi connectivity index (χ4v) is 2.40. The van der Waals surface area contributed by atoms with Crippen LogP contribution >= 0.6 is 0 Å². The second-order valence-corrected chi connectivity index (χ2v) is 4.53. The Bertz CT molecular complexity index is 807. The van der Waals surface area contributed by atoms with Gasteiger partial charge >= 0.3 is 0 Å². The van der Waals surface area contributed by atoms with E-state index in [1.54, 1.807) is 19.1 Å². The number of benzene rings is 2. The highest BCUT2D eigenvalue weighted by molar-refractivity contribution is 6.16. The van der Waals surface area contributed by atoms with Crippen LogP contribution in [0.4, 0.5) is 5.69 Å². The first-order chi connectivity index (χ1) is 9.63. The van der Waals surface area contributed by atoms with E-state index in [0.29, 0.717) is 5.75 Å². The van der Waals surface area contributed by atoms with Crippen LogP contribution in [0.3, 0.4) is 0 Å². The summed E-state index contributed by atoms with van der Waals surface area (Å²) in [6, 6.07) is 11.5. The van der Waals surface area contributed by atoms with E-state index >= 15 is 0 Å². The molecule has 3 N–H and O–H groups in total. The first-order valence-corrected chi connectivity index (χ1v) is 6.19. The highest BCUT2D eigenvalue weighted by Gasteiger charge is 2.19. The molecule has 0 saturated heterocycles. The number of ether oxygens (including phenoxy) is 1. The number of nitrogens with one attached hydrogen (secondary N) is 1. The molecule has 0 atom stereocenters. The maximum atomic E-state index is 7.66. The zero-order valence-electron chi connectivity index (χ0n) is 11.3. The molecule has 0 radical (unpaired) electrons. The molecule has 102 valence electrons. The van der Waals surface area contributed by atoms with Crippen LogP contribution in [-0.4, -0.2) is 20.1 Å². The molecule has 0 aliphatic heterocycles. The molecule has 20 heavy (non-hydrogen) atoms. The van der Waals surface area contributed by atoms with Crippen molar-refractivity contribution in [1.29, 1.82) is 5.41 Å². The van der Waals surface area contributed by atoms with Crippen molar-refractivity contribution in [3.8, 4) is 5.75 Å². The summed E-state index contributed by atoms with van der Waals surface area (Å²) in [6.45, 7) is 0. The third-order valence-corrected chi connectivity index (χ3v) is 3.40. The van der Waals surface area contributed by atoms with Crippen molar-refractivity contribution in [2.45, 2.75) is 0 Å². The molecule has 5 nitrogen and oxygen atoms in total. The molecule has 0 amide bonds. The second-order valence-electron chi connectivity index (χ2n) is 4.53. The lowest BCUT2D eigenvalue weighted by Crippen LogP contribution is -2.33. The first-order valence-electron chi connectivity index (χ1n) is 6.19. The SMILES string of the molecule is COc1ccc2oc3ccccc3c2c1N(C)C(=N)N. The van der Waals surface area contributed by atoms with Crippen LogP contribution in [0.15, 0.2) is 40.8 Å². The first kappa shape index (κ1) is 12.3. The van der Waals surface area contributed by atoms with Crippen LogP contribution in [-0.2, 0) is 0 Å². The summed E-state index contributed by atoms with van der Waals surface area (Å²) in [5.74, 6) is 0.600.